The van der Waals surface area contributed by atoms with Crippen molar-refractivity contribution in [2.45, 2.75) is 77.4 Å². The average molecular weight is 252 g/mol. The van der Waals surface area contributed by atoms with Crippen molar-refractivity contribution >= 4 is 5.91 Å². The monoisotopic (exact) mass is 252 g/mol. The first-order chi connectivity index (χ1) is 8.56. The van der Waals surface area contributed by atoms with Gasteiger partial charge in [-0.1, -0.05) is 20.3 Å². The lowest BCUT2D eigenvalue weighted by atomic mass is 9.76. The van der Waals surface area contributed by atoms with Crippen molar-refractivity contribution in [1.82, 2.24) is 4.90 Å². The molecular formula is C15H28N2O. The number of carbonyl (C=O) groups is 1. The second-order valence-electron chi connectivity index (χ2n) is 6.33. The van der Waals surface area contributed by atoms with Gasteiger partial charge >= 0.3 is 0 Å². The zero-order valence-corrected chi connectivity index (χ0v) is 12.1. The lowest BCUT2D eigenvalue weighted by Crippen LogP contribution is -2.51. The van der Waals surface area contributed by atoms with Crippen molar-refractivity contribution in [3.63, 3.8) is 0 Å². The minimum atomic E-state index is 0.0633. The Bertz CT molecular complexity index is 291. The van der Waals surface area contributed by atoms with Crippen LogP contribution in [0.25, 0.3) is 0 Å². The van der Waals surface area contributed by atoms with Crippen LogP contribution in [0.2, 0.25) is 0 Å². The molecule has 2 aliphatic rings. The minimum absolute atomic E-state index is 0.0633. The summed E-state index contributed by atoms with van der Waals surface area (Å²) >= 11 is 0. The summed E-state index contributed by atoms with van der Waals surface area (Å²) in [6.45, 7) is 6.57. The van der Waals surface area contributed by atoms with Gasteiger partial charge in [0.25, 0.3) is 0 Å². The van der Waals surface area contributed by atoms with E-state index in [0.717, 1.165) is 25.7 Å². The van der Waals surface area contributed by atoms with E-state index >= 15 is 0 Å². The standard InChI is InChI=1S/C15H28N2O/c1-4-12-9-8-11(3)17(12)15(18)14-10(2)6-5-7-13(14)16/h10-14H,4-9,16H2,1-3H3. The first kappa shape index (κ1) is 13.9. The van der Waals surface area contributed by atoms with Crippen LogP contribution in [0.1, 0.15) is 59.3 Å². The molecule has 5 atom stereocenters. The van der Waals surface area contributed by atoms with Gasteiger partial charge in [-0.3, -0.25) is 4.79 Å². The van der Waals surface area contributed by atoms with E-state index in [1.165, 1.54) is 12.8 Å². The molecule has 0 aromatic rings. The number of nitrogens with two attached hydrogens (primary N) is 1. The molecule has 18 heavy (non-hydrogen) atoms. The van der Waals surface area contributed by atoms with Crippen LogP contribution >= 0.6 is 0 Å². The molecule has 0 aromatic heterocycles. The molecule has 3 heteroatoms. The molecule has 3 nitrogen and oxygen atoms in total. The Morgan fingerprint density at radius 3 is 2.56 bits per heavy atom. The summed E-state index contributed by atoms with van der Waals surface area (Å²) in [5.74, 6) is 0.853. The number of likely N-dealkylation sites (tertiary alicyclic amines) is 1. The van der Waals surface area contributed by atoms with Crippen molar-refractivity contribution in [3.8, 4) is 0 Å². The number of carbonyl (C=O) groups excluding carboxylic acids is 1. The van der Waals surface area contributed by atoms with E-state index in [2.05, 4.69) is 25.7 Å². The summed E-state index contributed by atoms with van der Waals surface area (Å²) in [5, 5.41) is 0. The van der Waals surface area contributed by atoms with Gasteiger partial charge < -0.3 is 10.6 Å². The molecule has 1 saturated heterocycles. The van der Waals surface area contributed by atoms with E-state index in [-0.39, 0.29) is 12.0 Å². The first-order valence-electron chi connectivity index (χ1n) is 7.64. The molecule has 1 aliphatic heterocycles. The smallest absolute Gasteiger partial charge is 0.228 e. The third kappa shape index (κ3) is 2.42. The summed E-state index contributed by atoms with van der Waals surface area (Å²) < 4.78 is 0. The van der Waals surface area contributed by atoms with E-state index in [0.29, 0.717) is 23.9 Å². The van der Waals surface area contributed by atoms with Crippen LogP contribution in [0, 0.1) is 11.8 Å². The molecule has 0 aromatic carbocycles. The Morgan fingerprint density at radius 2 is 1.94 bits per heavy atom. The quantitative estimate of drug-likeness (QED) is 0.821. The van der Waals surface area contributed by atoms with Gasteiger partial charge in [-0.05, 0) is 44.9 Å². The van der Waals surface area contributed by atoms with Crippen molar-refractivity contribution in [3.05, 3.63) is 0 Å². The maximum atomic E-state index is 12.8. The Kier molecular flexibility index (Phi) is 4.31. The Balaban J connectivity index is 2.13. The predicted octanol–water partition coefficient (Wildman–Crippen LogP) is 2.54. The fourth-order valence-electron chi connectivity index (χ4n) is 3.92. The molecule has 1 saturated carbocycles. The Labute approximate surface area is 111 Å². The topological polar surface area (TPSA) is 46.3 Å². The van der Waals surface area contributed by atoms with Gasteiger partial charge in [0.2, 0.25) is 5.91 Å². The molecule has 1 heterocycles. The van der Waals surface area contributed by atoms with Gasteiger partial charge in [-0.15, -0.1) is 0 Å². The summed E-state index contributed by atoms with van der Waals surface area (Å²) in [6.07, 6.45) is 6.74. The van der Waals surface area contributed by atoms with Gasteiger partial charge in [-0.25, -0.2) is 0 Å². The van der Waals surface area contributed by atoms with Crippen LogP contribution < -0.4 is 5.73 Å². The highest BCUT2D eigenvalue weighted by Crippen LogP contribution is 2.34. The molecule has 0 bridgehead atoms. The third-order valence-corrected chi connectivity index (χ3v) is 5.07. The molecular weight excluding hydrogens is 224 g/mol. The van der Waals surface area contributed by atoms with E-state index in [1.54, 1.807) is 0 Å². The van der Waals surface area contributed by atoms with E-state index < -0.39 is 0 Å². The molecule has 104 valence electrons. The van der Waals surface area contributed by atoms with Crippen molar-refractivity contribution in [2.24, 2.45) is 17.6 Å². The lowest BCUT2D eigenvalue weighted by Gasteiger charge is -2.39. The van der Waals surface area contributed by atoms with Gasteiger partial charge in [0, 0.05) is 18.1 Å². The Hall–Kier alpha value is -0.570. The second kappa shape index (κ2) is 5.60. The van der Waals surface area contributed by atoms with E-state index in [9.17, 15) is 4.79 Å². The van der Waals surface area contributed by atoms with Crippen LogP contribution in [0.4, 0.5) is 0 Å². The normalized spacial score (nSPS) is 41.1. The molecule has 2 fully saturated rings. The second-order valence-corrected chi connectivity index (χ2v) is 6.33. The average Bonchev–Trinajstić information content (AvgIpc) is 2.70. The fraction of sp³-hybridized carbons (Fsp3) is 0.933. The number of amides is 1. The SMILES string of the molecule is CCC1CCC(C)N1C(=O)C1C(C)CCCC1N. The number of hydrogen-bond donors (Lipinski definition) is 1. The van der Waals surface area contributed by atoms with E-state index in [4.69, 9.17) is 5.73 Å². The Morgan fingerprint density at radius 1 is 1.22 bits per heavy atom. The van der Waals surface area contributed by atoms with Gasteiger partial charge in [0.15, 0.2) is 0 Å². The largest absolute Gasteiger partial charge is 0.337 e. The van der Waals surface area contributed by atoms with Crippen LogP contribution in [0.5, 0.6) is 0 Å². The highest BCUT2D eigenvalue weighted by Gasteiger charge is 2.41. The molecule has 1 aliphatic carbocycles. The molecule has 0 spiro atoms. The van der Waals surface area contributed by atoms with Crippen LogP contribution in [0.15, 0.2) is 0 Å². The van der Waals surface area contributed by atoms with Gasteiger partial charge in [-0.2, -0.15) is 0 Å². The molecule has 2 N–H and O–H groups in total. The van der Waals surface area contributed by atoms with Crippen LogP contribution in [-0.2, 0) is 4.79 Å². The highest BCUT2D eigenvalue weighted by molar-refractivity contribution is 5.81. The summed E-state index contributed by atoms with van der Waals surface area (Å²) in [6, 6.07) is 0.934. The molecule has 5 unspecified atom stereocenters. The zero-order chi connectivity index (χ0) is 13.3. The molecule has 2 rings (SSSR count). The van der Waals surface area contributed by atoms with Crippen LogP contribution in [0.3, 0.4) is 0 Å². The van der Waals surface area contributed by atoms with Crippen molar-refractivity contribution in [1.29, 1.82) is 0 Å². The van der Waals surface area contributed by atoms with Gasteiger partial charge in [0.05, 0.1) is 5.92 Å². The van der Waals surface area contributed by atoms with Gasteiger partial charge in [0.1, 0.15) is 0 Å². The lowest BCUT2D eigenvalue weighted by molar-refractivity contribution is -0.141. The van der Waals surface area contributed by atoms with Crippen molar-refractivity contribution in [2.75, 3.05) is 0 Å². The fourth-order valence-corrected chi connectivity index (χ4v) is 3.92. The summed E-state index contributed by atoms with van der Waals surface area (Å²) in [4.78, 5) is 15.0. The maximum absolute atomic E-state index is 12.8. The zero-order valence-electron chi connectivity index (χ0n) is 12.1. The number of nitrogens with zero attached hydrogens (tertiary/aromatic N) is 1. The minimum Gasteiger partial charge on any atom is -0.337 e. The van der Waals surface area contributed by atoms with E-state index in [1.807, 2.05) is 0 Å². The number of rotatable bonds is 2. The van der Waals surface area contributed by atoms with Crippen LogP contribution in [-0.4, -0.2) is 28.9 Å². The van der Waals surface area contributed by atoms with Crippen molar-refractivity contribution < 1.29 is 4.79 Å². The molecule has 1 amide bonds. The summed E-state index contributed by atoms with van der Waals surface area (Å²) in [7, 11) is 0. The first-order valence-corrected chi connectivity index (χ1v) is 7.64. The maximum Gasteiger partial charge on any atom is 0.228 e. The third-order valence-electron chi connectivity index (χ3n) is 5.07. The summed E-state index contributed by atoms with van der Waals surface area (Å²) in [5.41, 5.74) is 6.22. The predicted molar refractivity (Wildman–Crippen MR) is 74.1 cm³/mol. The molecule has 0 radical (unpaired) electrons. The highest BCUT2D eigenvalue weighted by atomic mass is 16.2. The number of hydrogen-bond acceptors (Lipinski definition) is 2.